The average molecular weight is 176 g/mol. The molecule has 4 heteroatoms. The fourth-order valence-corrected chi connectivity index (χ4v) is 1.28. The second kappa shape index (κ2) is 2.58. The summed E-state index contributed by atoms with van der Waals surface area (Å²) in [5.74, 6) is -0.270. The van der Waals surface area contributed by atoms with Crippen molar-refractivity contribution < 1.29 is 5.11 Å². The lowest BCUT2D eigenvalue weighted by molar-refractivity contribution is 0.463. The van der Waals surface area contributed by atoms with Crippen LogP contribution in [0.3, 0.4) is 0 Å². The predicted octanol–water partition coefficient (Wildman–Crippen LogP) is 0.639. The van der Waals surface area contributed by atoms with Crippen molar-refractivity contribution in [1.29, 1.82) is 0 Å². The number of hydrogen-bond donors (Lipinski definition) is 1. The third-order valence-electron chi connectivity index (χ3n) is 1.97. The Bertz CT molecular complexity index is 516. The van der Waals surface area contributed by atoms with Crippen molar-refractivity contribution in [3.63, 3.8) is 0 Å². The van der Waals surface area contributed by atoms with E-state index >= 15 is 0 Å². The van der Waals surface area contributed by atoms with Gasteiger partial charge in [-0.2, -0.15) is 0 Å². The first kappa shape index (κ1) is 7.79. The summed E-state index contributed by atoms with van der Waals surface area (Å²) in [5.41, 5.74) is 0.924. The maximum atomic E-state index is 11.3. The summed E-state index contributed by atoms with van der Waals surface area (Å²) in [6.45, 7) is 0. The Hall–Kier alpha value is -1.84. The molecule has 0 radical (unpaired) electrons. The van der Waals surface area contributed by atoms with Crippen LogP contribution in [0.2, 0.25) is 0 Å². The van der Waals surface area contributed by atoms with E-state index in [2.05, 4.69) is 4.98 Å². The molecule has 0 fully saturated rings. The molecule has 0 atom stereocenters. The minimum Gasteiger partial charge on any atom is -0.503 e. The van der Waals surface area contributed by atoms with E-state index < -0.39 is 5.56 Å². The minimum absolute atomic E-state index is 0.270. The summed E-state index contributed by atoms with van der Waals surface area (Å²) >= 11 is 0. The zero-order valence-electron chi connectivity index (χ0n) is 7.06. The largest absolute Gasteiger partial charge is 0.503 e. The molecule has 4 nitrogen and oxygen atoms in total. The number of pyridine rings is 2. The molecule has 66 valence electrons. The number of aromatic nitrogens is 2. The fraction of sp³-hybridized carbons (Fsp3) is 0.111. The van der Waals surface area contributed by atoms with E-state index in [1.807, 2.05) is 0 Å². The van der Waals surface area contributed by atoms with Gasteiger partial charge in [-0.25, -0.2) is 0 Å². The number of rotatable bonds is 0. The number of fused-ring (bicyclic) bond motifs is 1. The van der Waals surface area contributed by atoms with Crippen molar-refractivity contribution in [1.82, 2.24) is 9.55 Å². The molecule has 2 aromatic heterocycles. The minimum atomic E-state index is -0.402. The summed E-state index contributed by atoms with van der Waals surface area (Å²) in [6.07, 6.45) is 1.62. The van der Waals surface area contributed by atoms with Crippen molar-refractivity contribution in [2.45, 2.75) is 0 Å². The highest BCUT2D eigenvalue weighted by molar-refractivity contribution is 5.75. The van der Waals surface area contributed by atoms with Crippen LogP contribution in [0.1, 0.15) is 0 Å². The number of hydrogen-bond acceptors (Lipinski definition) is 3. The fourth-order valence-electron chi connectivity index (χ4n) is 1.28. The number of aromatic hydroxyl groups is 1. The van der Waals surface area contributed by atoms with Gasteiger partial charge < -0.3 is 9.67 Å². The van der Waals surface area contributed by atoms with Gasteiger partial charge in [0.2, 0.25) is 0 Å². The van der Waals surface area contributed by atoms with E-state index in [9.17, 15) is 9.90 Å². The monoisotopic (exact) mass is 176 g/mol. The SMILES string of the molecule is Cn1c(=O)c(O)cc2ncccc21. The maximum absolute atomic E-state index is 11.3. The topological polar surface area (TPSA) is 55.1 Å². The Morgan fingerprint density at radius 2 is 2.31 bits per heavy atom. The van der Waals surface area contributed by atoms with Gasteiger partial charge in [0.1, 0.15) is 0 Å². The molecule has 0 unspecified atom stereocenters. The summed E-state index contributed by atoms with van der Waals surface area (Å²) in [6, 6.07) is 4.90. The first-order valence-corrected chi connectivity index (χ1v) is 3.84. The van der Waals surface area contributed by atoms with Crippen LogP contribution < -0.4 is 5.56 Å². The summed E-state index contributed by atoms with van der Waals surface area (Å²) in [4.78, 5) is 15.3. The van der Waals surface area contributed by atoms with Gasteiger partial charge in [-0.1, -0.05) is 0 Å². The van der Waals surface area contributed by atoms with Crippen LogP contribution in [0.15, 0.2) is 29.2 Å². The lowest BCUT2D eigenvalue weighted by Gasteiger charge is -2.03. The average Bonchev–Trinajstić information content (AvgIpc) is 2.15. The van der Waals surface area contributed by atoms with Gasteiger partial charge in [0.25, 0.3) is 5.56 Å². The predicted molar refractivity (Wildman–Crippen MR) is 48.6 cm³/mol. The molecule has 0 aliphatic rings. The Morgan fingerprint density at radius 1 is 1.54 bits per heavy atom. The summed E-state index contributed by atoms with van der Waals surface area (Å²) in [5, 5.41) is 9.22. The molecule has 2 rings (SSSR count). The Kier molecular flexibility index (Phi) is 1.55. The van der Waals surface area contributed by atoms with Crippen molar-refractivity contribution in [2.75, 3.05) is 0 Å². The van der Waals surface area contributed by atoms with Crippen molar-refractivity contribution in [3.05, 3.63) is 34.7 Å². The normalized spacial score (nSPS) is 10.5. The molecule has 2 heterocycles. The van der Waals surface area contributed by atoms with E-state index in [-0.39, 0.29) is 5.75 Å². The van der Waals surface area contributed by atoms with Gasteiger partial charge in [0.15, 0.2) is 5.75 Å². The van der Waals surface area contributed by atoms with Crippen LogP contribution in [0.4, 0.5) is 0 Å². The zero-order valence-corrected chi connectivity index (χ0v) is 7.06. The van der Waals surface area contributed by atoms with E-state index in [1.165, 1.54) is 10.6 Å². The smallest absolute Gasteiger partial charge is 0.292 e. The maximum Gasteiger partial charge on any atom is 0.292 e. The third kappa shape index (κ3) is 1.07. The van der Waals surface area contributed by atoms with Gasteiger partial charge in [0.05, 0.1) is 11.0 Å². The van der Waals surface area contributed by atoms with Crippen molar-refractivity contribution in [2.24, 2.45) is 7.05 Å². The van der Waals surface area contributed by atoms with Gasteiger partial charge in [0, 0.05) is 19.3 Å². The van der Waals surface area contributed by atoms with Crippen LogP contribution in [0.25, 0.3) is 11.0 Å². The molecular weight excluding hydrogens is 168 g/mol. The van der Waals surface area contributed by atoms with Crippen molar-refractivity contribution >= 4 is 11.0 Å². The highest BCUT2D eigenvalue weighted by Gasteiger charge is 2.04. The summed E-state index contributed by atoms with van der Waals surface area (Å²) in [7, 11) is 1.60. The van der Waals surface area contributed by atoms with Gasteiger partial charge in [-0.05, 0) is 12.1 Å². The molecule has 0 saturated carbocycles. The van der Waals surface area contributed by atoms with Crippen LogP contribution in [0, 0.1) is 0 Å². The molecule has 13 heavy (non-hydrogen) atoms. The van der Waals surface area contributed by atoms with Crippen LogP contribution >= 0.6 is 0 Å². The second-order valence-electron chi connectivity index (χ2n) is 2.80. The first-order chi connectivity index (χ1) is 6.20. The van der Waals surface area contributed by atoms with E-state index in [0.29, 0.717) is 11.0 Å². The lowest BCUT2D eigenvalue weighted by Crippen LogP contribution is -2.16. The van der Waals surface area contributed by atoms with Crippen LogP contribution in [-0.2, 0) is 7.05 Å². The lowest BCUT2D eigenvalue weighted by atomic mass is 10.3. The molecule has 0 saturated heterocycles. The molecule has 1 N–H and O–H groups in total. The van der Waals surface area contributed by atoms with E-state index in [4.69, 9.17) is 0 Å². The Labute approximate surface area is 74.1 Å². The Morgan fingerprint density at radius 3 is 3.08 bits per heavy atom. The van der Waals surface area contributed by atoms with Gasteiger partial charge >= 0.3 is 0 Å². The molecular formula is C9H8N2O2. The Balaban J connectivity index is 3.02. The molecule has 2 aromatic rings. The van der Waals surface area contributed by atoms with Crippen LogP contribution in [-0.4, -0.2) is 14.7 Å². The molecule has 0 amide bonds. The molecule has 0 aliphatic carbocycles. The third-order valence-corrected chi connectivity index (χ3v) is 1.97. The van der Waals surface area contributed by atoms with E-state index in [0.717, 1.165) is 0 Å². The van der Waals surface area contributed by atoms with Crippen molar-refractivity contribution in [3.8, 4) is 5.75 Å². The molecule has 0 aliphatic heterocycles. The molecule has 0 aromatic carbocycles. The van der Waals surface area contributed by atoms with Gasteiger partial charge in [-0.3, -0.25) is 9.78 Å². The second-order valence-corrected chi connectivity index (χ2v) is 2.80. The molecule has 0 bridgehead atoms. The zero-order chi connectivity index (χ0) is 9.42. The standard InChI is InChI=1S/C9H8N2O2/c1-11-7-3-2-4-10-6(7)5-8(12)9(11)13/h2-5,12H,1H3. The summed E-state index contributed by atoms with van der Waals surface area (Å²) < 4.78 is 1.37. The number of aryl methyl sites for hydroxylation is 1. The number of nitrogens with zero attached hydrogens (tertiary/aromatic N) is 2. The quantitative estimate of drug-likeness (QED) is 0.640. The first-order valence-electron chi connectivity index (χ1n) is 3.84. The van der Waals surface area contributed by atoms with Gasteiger partial charge in [-0.15, -0.1) is 0 Å². The van der Waals surface area contributed by atoms with E-state index in [1.54, 1.807) is 25.4 Å². The highest BCUT2D eigenvalue weighted by Crippen LogP contribution is 2.11. The highest BCUT2D eigenvalue weighted by atomic mass is 16.3. The van der Waals surface area contributed by atoms with Crippen LogP contribution in [0.5, 0.6) is 5.75 Å². The molecule has 0 spiro atoms.